The summed E-state index contributed by atoms with van der Waals surface area (Å²) >= 11 is 1.34. The number of carbonyl (C=O) groups is 2. The Kier molecular flexibility index (Phi) is 4.18. The predicted molar refractivity (Wildman–Crippen MR) is 88.8 cm³/mol. The number of thiazole rings is 1. The van der Waals surface area contributed by atoms with Gasteiger partial charge in [0.05, 0.1) is 23.1 Å². The van der Waals surface area contributed by atoms with Gasteiger partial charge in [0.15, 0.2) is 4.80 Å². The van der Waals surface area contributed by atoms with E-state index >= 15 is 0 Å². The van der Waals surface area contributed by atoms with Crippen LogP contribution in [-0.2, 0) is 0 Å². The first-order valence-corrected chi connectivity index (χ1v) is 7.99. The molecular weight excluding hydrogens is 328 g/mol. The fourth-order valence-corrected chi connectivity index (χ4v) is 3.11. The van der Waals surface area contributed by atoms with Gasteiger partial charge in [-0.25, -0.2) is 9.79 Å². The lowest BCUT2D eigenvalue weighted by Crippen LogP contribution is -2.24. The highest BCUT2D eigenvalue weighted by molar-refractivity contribution is 7.07. The molecule has 0 aliphatic rings. The van der Waals surface area contributed by atoms with Crippen LogP contribution in [0.3, 0.4) is 0 Å². The molecule has 1 aromatic carbocycles. The first-order valence-electron chi connectivity index (χ1n) is 7.11. The van der Waals surface area contributed by atoms with Gasteiger partial charge in [0.1, 0.15) is 5.76 Å². The second-order valence-corrected chi connectivity index (χ2v) is 5.99. The number of aromatic nitrogens is 1. The number of rotatable bonds is 3. The molecule has 3 aromatic rings. The van der Waals surface area contributed by atoms with Crippen molar-refractivity contribution in [3.63, 3.8) is 0 Å². The van der Waals surface area contributed by atoms with Crippen LogP contribution in [0.5, 0.6) is 0 Å². The number of hydrogen-bond acceptors (Lipinski definition) is 5. The van der Waals surface area contributed by atoms with E-state index in [4.69, 9.17) is 9.52 Å². The van der Waals surface area contributed by atoms with E-state index in [0.29, 0.717) is 21.8 Å². The zero-order valence-electron chi connectivity index (χ0n) is 13.0. The molecule has 7 heteroatoms. The summed E-state index contributed by atoms with van der Waals surface area (Å²) in [5.41, 5.74) is 2.02. The van der Waals surface area contributed by atoms with E-state index in [2.05, 4.69) is 4.99 Å². The van der Waals surface area contributed by atoms with Gasteiger partial charge in [0.2, 0.25) is 0 Å². The lowest BCUT2D eigenvalue weighted by atomic mass is 10.2. The molecule has 24 heavy (non-hydrogen) atoms. The summed E-state index contributed by atoms with van der Waals surface area (Å²) in [6, 6.07) is 7.81. The van der Waals surface area contributed by atoms with Crippen molar-refractivity contribution in [2.75, 3.05) is 0 Å². The largest absolute Gasteiger partial charge is 0.478 e. The molecule has 0 unspecified atom stereocenters. The Morgan fingerprint density at radius 3 is 2.46 bits per heavy atom. The number of carboxylic acids is 1. The molecule has 0 saturated carbocycles. The maximum Gasteiger partial charge on any atom is 0.335 e. The normalized spacial score (nSPS) is 11.7. The van der Waals surface area contributed by atoms with Crippen molar-refractivity contribution in [3.05, 3.63) is 69.4 Å². The van der Waals surface area contributed by atoms with Crippen LogP contribution in [0.2, 0.25) is 0 Å². The summed E-state index contributed by atoms with van der Waals surface area (Å²) in [4.78, 5) is 28.6. The molecule has 1 N–H and O–H groups in total. The molecule has 0 aliphatic carbocycles. The van der Waals surface area contributed by atoms with Gasteiger partial charge >= 0.3 is 5.97 Å². The van der Waals surface area contributed by atoms with E-state index in [0.717, 1.165) is 5.69 Å². The van der Waals surface area contributed by atoms with Crippen molar-refractivity contribution >= 4 is 28.9 Å². The van der Waals surface area contributed by atoms with Crippen molar-refractivity contribution in [1.29, 1.82) is 0 Å². The van der Waals surface area contributed by atoms with Gasteiger partial charge in [0.25, 0.3) is 5.91 Å². The molecule has 0 saturated heterocycles. The molecule has 6 nitrogen and oxygen atoms in total. The highest BCUT2D eigenvalue weighted by Gasteiger charge is 2.17. The average molecular weight is 342 g/mol. The first-order chi connectivity index (χ1) is 11.5. The monoisotopic (exact) mass is 342 g/mol. The number of aromatic carboxylic acids is 1. The lowest BCUT2D eigenvalue weighted by molar-refractivity contribution is 0.0696. The number of hydrogen-bond donors (Lipinski definition) is 1. The van der Waals surface area contributed by atoms with Crippen molar-refractivity contribution in [3.8, 4) is 0 Å². The van der Waals surface area contributed by atoms with Crippen LogP contribution in [0.25, 0.3) is 0 Å². The Labute approximate surface area is 141 Å². The number of aryl methyl sites for hydroxylation is 2. The van der Waals surface area contributed by atoms with Crippen LogP contribution in [0, 0.1) is 13.8 Å². The topological polar surface area (TPSA) is 84.8 Å². The number of carboxylic acid groups (broad SMARTS) is 1. The van der Waals surface area contributed by atoms with Gasteiger partial charge in [-0.05, 0) is 44.2 Å². The molecule has 0 atom stereocenters. The quantitative estimate of drug-likeness (QED) is 0.791. The Hall–Kier alpha value is -2.93. The zero-order chi connectivity index (χ0) is 17.3. The van der Waals surface area contributed by atoms with Crippen molar-refractivity contribution in [2.24, 2.45) is 4.99 Å². The third-order valence-electron chi connectivity index (χ3n) is 3.51. The maximum absolute atomic E-state index is 12.7. The van der Waals surface area contributed by atoms with Crippen LogP contribution in [0.4, 0.5) is 5.69 Å². The molecule has 0 bridgehead atoms. The van der Waals surface area contributed by atoms with E-state index in [9.17, 15) is 9.59 Å². The second kappa shape index (κ2) is 6.29. The molecule has 0 radical (unpaired) electrons. The van der Waals surface area contributed by atoms with Crippen LogP contribution in [-0.4, -0.2) is 21.6 Å². The van der Waals surface area contributed by atoms with Gasteiger partial charge < -0.3 is 9.52 Å². The third kappa shape index (κ3) is 2.93. The Balaban J connectivity index is 2.05. The molecular formula is C17H14N2O4S. The smallest absolute Gasteiger partial charge is 0.335 e. The predicted octanol–water partition coefficient (Wildman–Crippen LogP) is 3.38. The molecule has 0 aliphatic heterocycles. The Bertz CT molecular complexity index is 977. The number of furan rings is 1. The fourth-order valence-electron chi connectivity index (χ4n) is 2.23. The molecule has 0 spiro atoms. The first kappa shape index (κ1) is 15.9. The highest BCUT2D eigenvalue weighted by Crippen LogP contribution is 2.15. The summed E-state index contributed by atoms with van der Waals surface area (Å²) in [6.07, 6.45) is 1.48. The van der Waals surface area contributed by atoms with Gasteiger partial charge in [-0.1, -0.05) is 0 Å². The SMILES string of the molecule is Cc1occc1C(=O)n1c(C)csc1=Nc1ccc(C(=O)O)cc1. The second-order valence-electron chi connectivity index (χ2n) is 5.15. The molecule has 2 heterocycles. The van der Waals surface area contributed by atoms with E-state index in [1.807, 2.05) is 12.3 Å². The molecule has 2 aromatic heterocycles. The third-order valence-corrected chi connectivity index (χ3v) is 4.45. The molecule has 122 valence electrons. The minimum Gasteiger partial charge on any atom is -0.478 e. The average Bonchev–Trinajstić information content (AvgIpc) is 3.13. The molecule has 0 amide bonds. The Morgan fingerprint density at radius 1 is 1.17 bits per heavy atom. The standard InChI is InChI=1S/C17H14N2O4S/c1-10-9-24-17(18-13-5-3-12(4-6-13)16(21)22)19(10)15(20)14-7-8-23-11(14)2/h3-9H,1-2H3,(H,21,22). The number of benzene rings is 1. The van der Waals surface area contributed by atoms with Crippen LogP contribution < -0.4 is 4.80 Å². The summed E-state index contributed by atoms with van der Waals surface area (Å²) < 4.78 is 6.72. The van der Waals surface area contributed by atoms with E-state index in [1.54, 1.807) is 25.1 Å². The lowest BCUT2D eigenvalue weighted by Gasteiger charge is -2.03. The minimum absolute atomic E-state index is 0.189. The summed E-state index contributed by atoms with van der Waals surface area (Å²) in [6.45, 7) is 3.56. The number of nitrogens with zero attached hydrogens (tertiary/aromatic N) is 2. The Morgan fingerprint density at radius 2 is 1.88 bits per heavy atom. The van der Waals surface area contributed by atoms with Gasteiger partial charge in [-0.3, -0.25) is 9.36 Å². The zero-order valence-corrected chi connectivity index (χ0v) is 13.8. The molecule has 0 fully saturated rings. The van der Waals surface area contributed by atoms with Crippen LogP contribution >= 0.6 is 11.3 Å². The van der Waals surface area contributed by atoms with E-state index in [-0.39, 0.29) is 11.5 Å². The maximum atomic E-state index is 12.7. The summed E-state index contributed by atoms with van der Waals surface area (Å²) in [7, 11) is 0. The van der Waals surface area contributed by atoms with Gasteiger partial charge in [0, 0.05) is 11.1 Å². The minimum atomic E-state index is -0.991. The summed E-state index contributed by atoms with van der Waals surface area (Å²) in [5.74, 6) is -0.648. The van der Waals surface area contributed by atoms with E-state index < -0.39 is 5.97 Å². The van der Waals surface area contributed by atoms with Gasteiger partial charge in [-0.2, -0.15) is 0 Å². The number of carbonyl (C=O) groups excluding carboxylic acids is 1. The summed E-state index contributed by atoms with van der Waals surface area (Å²) in [5, 5.41) is 10.8. The van der Waals surface area contributed by atoms with Crippen LogP contribution in [0.1, 0.15) is 32.2 Å². The van der Waals surface area contributed by atoms with E-state index in [1.165, 1.54) is 34.3 Å². The van der Waals surface area contributed by atoms with Crippen LogP contribution in [0.15, 0.2) is 51.4 Å². The highest BCUT2D eigenvalue weighted by atomic mass is 32.1. The fraction of sp³-hybridized carbons (Fsp3) is 0.118. The van der Waals surface area contributed by atoms with Gasteiger partial charge in [-0.15, -0.1) is 11.3 Å². The van der Waals surface area contributed by atoms with Crippen molar-refractivity contribution < 1.29 is 19.1 Å². The van der Waals surface area contributed by atoms with Crippen molar-refractivity contribution in [2.45, 2.75) is 13.8 Å². The molecule has 3 rings (SSSR count). The van der Waals surface area contributed by atoms with Crippen molar-refractivity contribution in [1.82, 2.24) is 4.57 Å².